The maximum absolute atomic E-state index is 12.3. The molecule has 34 heavy (non-hydrogen) atoms. The molecule has 0 spiro atoms. The first-order valence-electron chi connectivity index (χ1n) is 11.0. The van der Waals surface area contributed by atoms with E-state index in [-0.39, 0.29) is 24.4 Å². The fraction of sp³-hybridized carbons (Fsp3) is 0.333. The summed E-state index contributed by atoms with van der Waals surface area (Å²) in [5, 5.41) is 23.6. The Morgan fingerprint density at radius 3 is 2.47 bits per heavy atom. The van der Waals surface area contributed by atoms with Gasteiger partial charge >= 0.3 is 6.03 Å². The van der Waals surface area contributed by atoms with Crippen molar-refractivity contribution in [2.24, 2.45) is 0 Å². The number of carbonyl (C=O) groups excluding carboxylic acids is 1. The van der Waals surface area contributed by atoms with Gasteiger partial charge < -0.3 is 15.5 Å². The van der Waals surface area contributed by atoms with Crippen molar-refractivity contribution in [1.82, 2.24) is 19.9 Å². The van der Waals surface area contributed by atoms with Crippen LogP contribution < -0.4 is 10.2 Å². The van der Waals surface area contributed by atoms with E-state index in [1.54, 1.807) is 6.20 Å². The predicted molar refractivity (Wildman–Crippen MR) is 132 cm³/mol. The SMILES string of the molecule is CC(Nc1nccc(N2CC(O)(O)N(C)C2=O)n1)c1ccc(-c2cccc(Cl)c2)cn1.CCC. The van der Waals surface area contributed by atoms with Gasteiger partial charge in [0.05, 0.1) is 11.7 Å². The fourth-order valence-corrected chi connectivity index (χ4v) is 3.43. The summed E-state index contributed by atoms with van der Waals surface area (Å²) < 4.78 is 0. The highest BCUT2D eigenvalue weighted by Crippen LogP contribution is 2.27. The van der Waals surface area contributed by atoms with Gasteiger partial charge in [0, 0.05) is 30.0 Å². The number of pyridine rings is 1. The minimum absolute atomic E-state index is 0.213. The molecule has 3 N–H and O–H groups in total. The Bertz CT molecular complexity index is 1130. The lowest BCUT2D eigenvalue weighted by Crippen LogP contribution is -2.44. The van der Waals surface area contributed by atoms with E-state index >= 15 is 0 Å². The zero-order valence-electron chi connectivity index (χ0n) is 19.6. The van der Waals surface area contributed by atoms with Crippen molar-refractivity contribution in [3.05, 3.63) is 65.6 Å². The molecule has 1 unspecified atom stereocenters. The Labute approximate surface area is 204 Å². The molecule has 2 amide bonds. The second-order valence-corrected chi connectivity index (χ2v) is 8.43. The van der Waals surface area contributed by atoms with Crippen LogP contribution in [0.5, 0.6) is 0 Å². The maximum atomic E-state index is 12.3. The van der Waals surface area contributed by atoms with Crippen LogP contribution in [0.3, 0.4) is 0 Å². The summed E-state index contributed by atoms with van der Waals surface area (Å²) in [4.78, 5) is 27.3. The lowest BCUT2D eigenvalue weighted by molar-refractivity contribution is -0.214. The number of aromatic nitrogens is 3. The average Bonchev–Trinajstić information content (AvgIpc) is 3.03. The van der Waals surface area contributed by atoms with Gasteiger partial charge in [-0.2, -0.15) is 4.98 Å². The van der Waals surface area contributed by atoms with Gasteiger partial charge in [0.15, 0.2) is 0 Å². The Morgan fingerprint density at radius 2 is 1.88 bits per heavy atom. The average molecular weight is 485 g/mol. The third-order valence-electron chi connectivity index (χ3n) is 5.08. The fourth-order valence-electron chi connectivity index (χ4n) is 3.24. The van der Waals surface area contributed by atoms with Gasteiger partial charge in [0.25, 0.3) is 5.91 Å². The molecule has 1 aromatic carbocycles. The molecule has 1 atom stereocenters. The van der Waals surface area contributed by atoms with E-state index in [9.17, 15) is 15.0 Å². The van der Waals surface area contributed by atoms with Crippen molar-refractivity contribution in [2.75, 3.05) is 23.8 Å². The summed E-state index contributed by atoms with van der Waals surface area (Å²) >= 11 is 6.06. The smallest absolute Gasteiger partial charge is 0.329 e. The minimum Gasteiger partial charge on any atom is -0.347 e. The van der Waals surface area contributed by atoms with Crippen LogP contribution in [0, 0.1) is 0 Å². The van der Waals surface area contributed by atoms with Crippen LogP contribution in [-0.4, -0.2) is 55.6 Å². The molecule has 3 heterocycles. The molecule has 3 aromatic rings. The van der Waals surface area contributed by atoms with Crippen molar-refractivity contribution < 1.29 is 15.0 Å². The highest BCUT2D eigenvalue weighted by molar-refractivity contribution is 6.30. The van der Waals surface area contributed by atoms with Crippen LogP contribution in [0.2, 0.25) is 5.02 Å². The molecule has 2 aromatic heterocycles. The molecule has 1 aliphatic heterocycles. The van der Waals surface area contributed by atoms with Crippen LogP contribution in [0.25, 0.3) is 11.1 Å². The van der Waals surface area contributed by atoms with Gasteiger partial charge in [0.1, 0.15) is 12.4 Å². The number of β-amino-alcohol motifs (C(OH)–C–C–N with tert-alkyl or cyclic N) is 2. The molecule has 9 nitrogen and oxygen atoms in total. The van der Waals surface area contributed by atoms with E-state index in [2.05, 4.69) is 34.1 Å². The summed E-state index contributed by atoms with van der Waals surface area (Å²) in [6, 6.07) is 12.2. The Hall–Kier alpha value is -3.27. The quantitative estimate of drug-likeness (QED) is 0.462. The molecular formula is C24H29ClN6O3. The molecule has 0 bridgehead atoms. The molecule has 1 saturated heterocycles. The zero-order valence-corrected chi connectivity index (χ0v) is 20.4. The number of nitrogens with one attached hydrogen (secondary N) is 1. The number of anilines is 2. The van der Waals surface area contributed by atoms with Gasteiger partial charge in [-0.1, -0.05) is 50.1 Å². The van der Waals surface area contributed by atoms with Crippen LogP contribution >= 0.6 is 11.6 Å². The first-order valence-corrected chi connectivity index (χ1v) is 11.4. The first-order chi connectivity index (χ1) is 16.2. The van der Waals surface area contributed by atoms with Crippen molar-refractivity contribution >= 4 is 29.4 Å². The molecule has 0 radical (unpaired) electrons. The number of aliphatic hydroxyl groups is 2. The highest BCUT2D eigenvalue weighted by atomic mass is 35.5. The van der Waals surface area contributed by atoms with Crippen LogP contribution in [0.15, 0.2) is 54.9 Å². The summed E-state index contributed by atoms with van der Waals surface area (Å²) in [6.45, 7) is 5.85. The molecule has 0 saturated carbocycles. The number of benzene rings is 1. The highest BCUT2D eigenvalue weighted by Gasteiger charge is 2.46. The molecular weight excluding hydrogens is 456 g/mol. The minimum atomic E-state index is -2.25. The van der Waals surface area contributed by atoms with E-state index in [4.69, 9.17) is 11.6 Å². The van der Waals surface area contributed by atoms with Crippen molar-refractivity contribution in [3.8, 4) is 11.1 Å². The molecule has 180 valence electrons. The second-order valence-electron chi connectivity index (χ2n) is 8.00. The lowest BCUT2D eigenvalue weighted by atomic mass is 10.1. The summed E-state index contributed by atoms with van der Waals surface area (Å²) in [7, 11) is 1.31. The number of nitrogens with zero attached hydrogens (tertiary/aromatic N) is 5. The van der Waals surface area contributed by atoms with Crippen LogP contribution in [-0.2, 0) is 0 Å². The van der Waals surface area contributed by atoms with E-state index in [0.717, 1.165) is 21.7 Å². The largest absolute Gasteiger partial charge is 0.347 e. The number of urea groups is 1. The van der Waals surface area contributed by atoms with E-state index in [0.29, 0.717) is 5.02 Å². The summed E-state index contributed by atoms with van der Waals surface area (Å²) in [5.41, 5.74) is 2.71. The molecule has 4 rings (SSSR count). The van der Waals surface area contributed by atoms with Crippen molar-refractivity contribution in [1.29, 1.82) is 0 Å². The third kappa shape index (κ3) is 5.80. The maximum Gasteiger partial charge on any atom is 0.329 e. The number of carbonyl (C=O) groups is 1. The van der Waals surface area contributed by atoms with E-state index in [1.165, 1.54) is 30.6 Å². The van der Waals surface area contributed by atoms with Gasteiger partial charge in [-0.05, 0) is 36.8 Å². The molecule has 1 fully saturated rings. The van der Waals surface area contributed by atoms with E-state index in [1.807, 2.05) is 43.3 Å². The molecule has 1 aliphatic rings. The molecule has 0 aliphatic carbocycles. The number of hydrogen-bond donors (Lipinski definition) is 3. The predicted octanol–water partition coefficient (Wildman–Crippen LogP) is 4.29. The van der Waals surface area contributed by atoms with Crippen LogP contribution in [0.1, 0.15) is 38.9 Å². The van der Waals surface area contributed by atoms with Crippen LogP contribution in [0.4, 0.5) is 16.6 Å². The van der Waals surface area contributed by atoms with Gasteiger partial charge in [-0.15, -0.1) is 0 Å². The van der Waals surface area contributed by atoms with E-state index < -0.39 is 11.9 Å². The Balaban J connectivity index is 0.00000103. The van der Waals surface area contributed by atoms with Crippen molar-refractivity contribution in [3.63, 3.8) is 0 Å². The lowest BCUT2D eigenvalue weighted by Gasteiger charge is -2.20. The van der Waals surface area contributed by atoms with Gasteiger partial charge in [0.2, 0.25) is 5.95 Å². The summed E-state index contributed by atoms with van der Waals surface area (Å²) in [6.07, 6.45) is 4.52. The van der Waals surface area contributed by atoms with Gasteiger partial charge in [-0.3, -0.25) is 14.8 Å². The number of rotatable bonds is 5. The number of likely N-dealkylation sites (N-methyl/N-ethyl adjacent to an activating group) is 1. The topological polar surface area (TPSA) is 115 Å². The third-order valence-corrected chi connectivity index (χ3v) is 5.31. The monoisotopic (exact) mass is 484 g/mol. The Kier molecular flexibility index (Phi) is 8.03. The summed E-state index contributed by atoms with van der Waals surface area (Å²) in [5.74, 6) is -1.71. The van der Waals surface area contributed by atoms with Gasteiger partial charge in [-0.25, -0.2) is 9.78 Å². The normalized spacial score (nSPS) is 15.6. The second kappa shape index (κ2) is 10.8. The number of halogens is 1. The zero-order chi connectivity index (χ0) is 24.9. The first kappa shape index (κ1) is 25.4. The standard InChI is InChI=1S/C21H21ClN6O3.C3H8/c1-13(17-7-6-15(11-24-17)14-4-3-5-16(22)10-14)25-19-23-9-8-18(26-19)28-12-21(30,31)27(2)20(28)29;1-3-2/h3-11,13,30-31H,12H2,1-2H3,(H,23,25,26);3H2,1-2H3. The van der Waals surface area contributed by atoms with Crippen molar-refractivity contribution in [2.45, 2.75) is 39.1 Å². The Morgan fingerprint density at radius 1 is 1.15 bits per heavy atom. The molecule has 10 heteroatoms. The number of hydrogen-bond acceptors (Lipinski definition) is 7. The number of amides is 2.